The smallest absolute Gasteiger partial charge is 0.478 e. The molecule has 3 rings (SSSR count). The molecule has 2 aromatic rings. The lowest BCUT2D eigenvalue weighted by molar-refractivity contribution is -0.192. The summed E-state index contributed by atoms with van der Waals surface area (Å²) >= 11 is 0. The molecule has 35 heavy (non-hydrogen) atoms. The van der Waals surface area contributed by atoms with Crippen LogP contribution in [-0.2, 0) is 14.8 Å². The first kappa shape index (κ1) is 28.0. The maximum absolute atomic E-state index is 13.1. The zero-order valence-corrected chi connectivity index (χ0v) is 20.2. The Morgan fingerprint density at radius 1 is 1.09 bits per heavy atom. The van der Waals surface area contributed by atoms with Crippen LogP contribution in [0.1, 0.15) is 41.3 Å². The van der Waals surface area contributed by atoms with Crippen molar-refractivity contribution in [3.05, 3.63) is 53.1 Å². The molecular weight excluding hydrogens is 489 g/mol. The quantitative estimate of drug-likeness (QED) is 0.528. The molecule has 1 fully saturated rings. The highest BCUT2D eigenvalue weighted by molar-refractivity contribution is 7.92. The number of carbonyl (C=O) groups is 2. The van der Waals surface area contributed by atoms with Crippen molar-refractivity contribution in [1.82, 2.24) is 0 Å². The van der Waals surface area contributed by atoms with Crippen molar-refractivity contribution >= 4 is 33.3 Å². The minimum atomic E-state index is -5.08. The van der Waals surface area contributed by atoms with Crippen molar-refractivity contribution in [3.63, 3.8) is 0 Å². The van der Waals surface area contributed by atoms with Gasteiger partial charge < -0.3 is 15.1 Å². The molecule has 0 spiro atoms. The second-order valence-electron chi connectivity index (χ2n) is 8.41. The number of carboxylic acids is 2. The second kappa shape index (κ2) is 11.0. The number of anilines is 2. The van der Waals surface area contributed by atoms with E-state index in [1.54, 1.807) is 25.1 Å². The van der Waals surface area contributed by atoms with Crippen LogP contribution >= 0.6 is 0 Å². The fourth-order valence-corrected chi connectivity index (χ4v) is 5.03. The minimum Gasteiger partial charge on any atom is -0.478 e. The number of piperidine rings is 1. The van der Waals surface area contributed by atoms with Gasteiger partial charge in [0.15, 0.2) is 0 Å². The third kappa shape index (κ3) is 7.61. The van der Waals surface area contributed by atoms with Gasteiger partial charge in [0, 0.05) is 13.1 Å². The van der Waals surface area contributed by atoms with Gasteiger partial charge >= 0.3 is 18.1 Å². The van der Waals surface area contributed by atoms with Gasteiger partial charge in [-0.25, -0.2) is 18.0 Å². The zero-order chi connectivity index (χ0) is 26.6. The van der Waals surface area contributed by atoms with E-state index in [-0.39, 0.29) is 10.5 Å². The lowest BCUT2D eigenvalue weighted by Gasteiger charge is -2.34. The molecule has 12 heteroatoms. The molecule has 1 atom stereocenters. The summed E-state index contributed by atoms with van der Waals surface area (Å²) < 4.78 is 60.5. The molecule has 1 aliphatic rings. The van der Waals surface area contributed by atoms with Crippen LogP contribution in [0.3, 0.4) is 0 Å². The van der Waals surface area contributed by atoms with Crippen LogP contribution in [0.4, 0.5) is 24.5 Å². The third-order valence-electron chi connectivity index (χ3n) is 5.36. The molecule has 1 heterocycles. The summed E-state index contributed by atoms with van der Waals surface area (Å²) in [6, 6.07) is 9.88. The number of alkyl halides is 3. The molecule has 8 nitrogen and oxygen atoms in total. The summed E-state index contributed by atoms with van der Waals surface area (Å²) in [6.07, 6.45) is -2.93. The number of sulfonamides is 1. The predicted octanol–water partition coefficient (Wildman–Crippen LogP) is 4.67. The van der Waals surface area contributed by atoms with E-state index < -0.39 is 28.1 Å². The SMILES string of the molecule is Cc1ccc(C)c(S(=O)(=O)Nc2cc(C(=O)O)ccc2N2CCCC(C)C2)c1.O=C(O)C(F)(F)F. The Labute approximate surface area is 201 Å². The highest BCUT2D eigenvalue weighted by Crippen LogP contribution is 2.33. The molecule has 0 saturated carbocycles. The van der Waals surface area contributed by atoms with E-state index in [1.807, 2.05) is 13.0 Å². The Hall–Kier alpha value is -3.28. The fraction of sp³-hybridized carbons (Fsp3) is 0.391. The number of hydrogen-bond donors (Lipinski definition) is 3. The minimum absolute atomic E-state index is 0.0486. The van der Waals surface area contributed by atoms with Crippen LogP contribution in [0.15, 0.2) is 41.3 Å². The van der Waals surface area contributed by atoms with Crippen LogP contribution in [-0.4, -0.2) is 49.8 Å². The summed E-state index contributed by atoms with van der Waals surface area (Å²) in [5.74, 6) is -3.35. The molecule has 0 radical (unpaired) electrons. The van der Waals surface area contributed by atoms with Gasteiger partial charge in [-0.2, -0.15) is 13.2 Å². The summed E-state index contributed by atoms with van der Waals surface area (Å²) in [7, 11) is -3.85. The standard InChI is InChI=1S/C21H26N2O4S.C2HF3O2/c1-14-6-7-16(3)20(11-14)28(26,27)22-18-12-17(21(24)25)8-9-19(18)23-10-4-5-15(2)13-23;3-2(4,5)1(6)7/h6-9,11-12,15,22H,4-5,10,13H2,1-3H3,(H,24,25);(H,6,7). The number of benzene rings is 2. The van der Waals surface area contributed by atoms with E-state index in [0.29, 0.717) is 22.9 Å². The van der Waals surface area contributed by atoms with Crippen molar-refractivity contribution in [2.75, 3.05) is 22.7 Å². The number of nitrogens with one attached hydrogen (secondary N) is 1. The van der Waals surface area contributed by atoms with E-state index in [2.05, 4.69) is 16.5 Å². The first-order chi connectivity index (χ1) is 16.1. The van der Waals surface area contributed by atoms with Crippen molar-refractivity contribution < 1.29 is 41.4 Å². The Bertz CT molecular complexity index is 1200. The van der Waals surface area contributed by atoms with Gasteiger partial charge in [0.25, 0.3) is 10.0 Å². The van der Waals surface area contributed by atoms with Crippen molar-refractivity contribution in [2.24, 2.45) is 5.92 Å². The van der Waals surface area contributed by atoms with Crippen LogP contribution in [0.25, 0.3) is 0 Å². The number of rotatable bonds is 5. The van der Waals surface area contributed by atoms with E-state index in [0.717, 1.165) is 31.5 Å². The van der Waals surface area contributed by atoms with Crippen LogP contribution in [0.2, 0.25) is 0 Å². The van der Waals surface area contributed by atoms with Gasteiger partial charge in [-0.1, -0.05) is 19.1 Å². The van der Waals surface area contributed by atoms with Gasteiger partial charge in [0.1, 0.15) is 0 Å². The average Bonchev–Trinajstić information content (AvgIpc) is 2.74. The number of aliphatic carboxylic acids is 1. The second-order valence-corrected chi connectivity index (χ2v) is 10.1. The third-order valence-corrected chi connectivity index (χ3v) is 6.87. The molecule has 0 aliphatic carbocycles. The van der Waals surface area contributed by atoms with E-state index in [4.69, 9.17) is 9.90 Å². The first-order valence-electron chi connectivity index (χ1n) is 10.6. The number of nitrogens with zero attached hydrogens (tertiary/aromatic N) is 1. The summed E-state index contributed by atoms with van der Waals surface area (Å²) in [6.45, 7) is 7.37. The maximum Gasteiger partial charge on any atom is 0.490 e. The summed E-state index contributed by atoms with van der Waals surface area (Å²) in [5, 5.41) is 16.5. The monoisotopic (exact) mass is 516 g/mol. The molecule has 192 valence electrons. The lowest BCUT2D eigenvalue weighted by atomic mass is 9.99. The number of carboxylic acid groups (broad SMARTS) is 2. The van der Waals surface area contributed by atoms with Crippen molar-refractivity contribution in [3.8, 4) is 0 Å². The van der Waals surface area contributed by atoms with Crippen molar-refractivity contribution in [2.45, 2.75) is 44.7 Å². The average molecular weight is 517 g/mol. The Balaban J connectivity index is 0.000000540. The zero-order valence-electron chi connectivity index (χ0n) is 19.4. The molecule has 1 aliphatic heterocycles. The number of aromatic carboxylic acids is 1. The number of halogens is 3. The van der Waals surface area contributed by atoms with Crippen LogP contribution in [0, 0.1) is 19.8 Å². The molecular formula is C23H27F3N2O6S. The van der Waals surface area contributed by atoms with Gasteiger partial charge in [0.05, 0.1) is 21.8 Å². The van der Waals surface area contributed by atoms with Gasteiger partial charge in [0.2, 0.25) is 0 Å². The van der Waals surface area contributed by atoms with Gasteiger partial charge in [-0.15, -0.1) is 0 Å². The molecule has 1 saturated heterocycles. The molecule has 0 amide bonds. The van der Waals surface area contributed by atoms with E-state index in [1.165, 1.54) is 12.1 Å². The fourth-order valence-electron chi connectivity index (χ4n) is 3.63. The number of hydrogen-bond acceptors (Lipinski definition) is 5. The van der Waals surface area contributed by atoms with Crippen molar-refractivity contribution in [1.29, 1.82) is 0 Å². The molecule has 2 aromatic carbocycles. The van der Waals surface area contributed by atoms with Gasteiger partial charge in [-0.3, -0.25) is 4.72 Å². The maximum atomic E-state index is 13.1. The van der Waals surface area contributed by atoms with Gasteiger partial charge in [-0.05, 0) is 68.0 Å². The van der Waals surface area contributed by atoms with Crippen LogP contribution in [0.5, 0.6) is 0 Å². The Morgan fingerprint density at radius 2 is 1.71 bits per heavy atom. The Kier molecular flexibility index (Phi) is 8.77. The lowest BCUT2D eigenvalue weighted by Crippen LogP contribution is -2.35. The topological polar surface area (TPSA) is 124 Å². The summed E-state index contributed by atoms with van der Waals surface area (Å²) in [4.78, 5) is 22.7. The number of aryl methyl sites for hydroxylation is 2. The summed E-state index contributed by atoms with van der Waals surface area (Å²) in [5.41, 5.74) is 2.55. The van der Waals surface area contributed by atoms with Crippen LogP contribution < -0.4 is 9.62 Å². The molecule has 3 N–H and O–H groups in total. The highest BCUT2D eigenvalue weighted by Gasteiger charge is 2.38. The highest BCUT2D eigenvalue weighted by atomic mass is 32.2. The van der Waals surface area contributed by atoms with E-state index >= 15 is 0 Å². The normalized spacial score (nSPS) is 16.2. The largest absolute Gasteiger partial charge is 0.490 e. The molecule has 0 bridgehead atoms. The predicted molar refractivity (Wildman–Crippen MR) is 124 cm³/mol. The molecule has 1 unspecified atom stereocenters. The Morgan fingerprint density at radius 3 is 2.26 bits per heavy atom. The first-order valence-corrected chi connectivity index (χ1v) is 12.1. The molecule has 0 aromatic heterocycles. The van der Waals surface area contributed by atoms with E-state index in [9.17, 15) is 31.5 Å².